The molecule has 21 heavy (non-hydrogen) atoms. The number of hydrogen-bond acceptors (Lipinski definition) is 4. The highest BCUT2D eigenvalue weighted by atomic mass is 35.5. The molecule has 0 atom stereocenters. The quantitative estimate of drug-likeness (QED) is 0.683. The van der Waals surface area contributed by atoms with E-state index in [9.17, 15) is 19.3 Å². The second-order valence-corrected chi connectivity index (χ2v) is 4.33. The zero-order chi connectivity index (χ0) is 15.6. The van der Waals surface area contributed by atoms with Crippen molar-refractivity contribution < 1.29 is 24.0 Å². The van der Waals surface area contributed by atoms with E-state index in [2.05, 4.69) is 0 Å². The van der Waals surface area contributed by atoms with Crippen LogP contribution in [0.3, 0.4) is 0 Å². The second kappa shape index (κ2) is 5.76. The number of hydrogen-bond donors (Lipinski definition) is 1. The average molecular weight is 312 g/mol. The van der Waals surface area contributed by atoms with Gasteiger partial charge in [-0.2, -0.15) is 0 Å². The Morgan fingerprint density at radius 2 is 2.05 bits per heavy atom. The Labute approximate surface area is 122 Å². The van der Waals surface area contributed by atoms with Gasteiger partial charge in [0.05, 0.1) is 15.5 Å². The van der Waals surface area contributed by atoms with Gasteiger partial charge in [-0.25, -0.2) is 9.18 Å². The highest BCUT2D eigenvalue weighted by molar-refractivity contribution is 6.31. The molecular formula is C13H7ClFNO5. The molecule has 0 saturated carbocycles. The van der Waals surface area contributed by atoms with E-state index in [-0.39, 0.29) is 17.1 Å². The van der Waals surface area contributed by atoms with Crippen LogP contribution in [0, 0.1) is 15.9 Å². The third-order valence-corrected chi connectivity index (χ3v) is 2.80. The van der Waals surface area contributed by atoms with E-state index in [0.717, 1.165) is 12.1 Å². The number of nitro benzene ring substituents is 1. The van der Waals surface area contributed by atoms with Crippen LogP contribution in [0.4, 0.5) is 10.1 Å². The van der Waals surface area contributed by atoms with Crippen LogP contribution in [0.25, 0.3) is 0 Å². The van der Waals surface area contributed by atoms with Crippen LogP contribution in [-0.2, 0) is 0 Å². The van der Waals surface area contributed by atoms with Crippen molar-refractivity contribution in [2.24, 2.45) is 0 Å². The van der Waals surface area contributed by atoms with Crippen LogP contribution in [-0.4, -0.2) is 16.0 Å². The van der Waals surface area contributed by atoms with E-state index < -0.39 is 27.4 Å². The van der Waals surface area contributed by atoms with Gasteiger partial charge in [0, 0.05) is 12.1 Å². The molecule has 108 valence electrons. The van der Waals surface area contributed by atoms with Crippen LogP contribution in [0.2, 0.25) is 5.02 Å². The van der Waals surface area contributed by atoms with Crippen LogP contribution < -0.4 is 4.74 Å². The molecule has 0 aliphatic carbocycles. The fourth-order valence-corrected chi connectivity index (χ4v) is 1.72. The van der Waals surface area contributed by atoms with Crippen molar-refractivity contribution >= 4 is 23.3 Å². The van der Waals surface area contributed by atoms with Crippen molar-refractivity contribution in [2.45, 2.75) is 0 Å². The Hall–Kier alpha value is -2.67. The first-order valence-electron chi connectivity index (χ1n) is 5.53. The lowest BCUT2D eigenvalue weighted by Crippen LogP contribution is -1.98. The lowest BCUT2D eigenvalue weighted by molar-refractivity contribution is -0.385. The smallest absolute Gasteiger partial charge is 0.335 e. The van der Waals surface area contributed by atoms with Gasteiger partial charge < -0.3 is 9.84 Å². The Balaban J connectivity index is 2.43. The molecule has 0 aliphatic rings. The number of carbonyl (C=O) groups is 1. The number of benzene rings is 2. The second-order valence-electron chi connectivity index (χ2n) is 3.93. The first-order chi connectivity index (χ1) is 9.88. The Morgan fingerprint density at radius 1 is 1.33 bits per heavy atom. The molecule has 1 N–H and O–H groups in total. The molecule has 0 fully saturated rings. The molecule has 0 saturated heterocycles. The number of halogens is 2. The summed E-state index contributed by atoms with van der Waals surface area (Å²) in [6.45, 7) is 0. The summed E-state index contributed by atoms with van der Waals surface area (Å²) in [5.74, 6) is -2.41. The predicted molar refractivity (Wildman–Crippen MR) is 71.5 cm³/mol. The van der Waals surface area contributed by atoms with Gasteiger partial charge in [0.2, 0.25) is 5.75 Å². The van der Waals surface area contributed by atoms with Crippen molar-refractivity contribution in [1.82, 2.24) is 0 Å². The molecule has 0 bridgehead atoms. The van der Waals surface area contributed by atoms with Gasteiger partial charge in [-0.15, -0.1) is 0 Å². The first kappa shape index (κ1) is 14.7. The van der Waals surface area contributed by atoms with E-state index >= 15 is 0 Å². The van der Waals surface area contributed by atoms with Crippen molar-refractivity contribution in [3.8, 4) is 11.5 Å². The van der Waals surface area contributed by atoms with Gasteiger partial charge in [-0.3, -0.25) is 10.1 Å². The minimum absolute atomic E-state index is 0.0275. The molecule has 8 heteroatoms. The number of aromatic carboxylic acids is 1. The summed E-state index contributed by atoms with van der Waals surface area (Å²) in [5, 5.41) is 19.3. The van der Waals surface area contributed by atoms with Crippen LogP contribution in [0.5, 0.6) is 11.5 Å². The average Bonchev–Trinajstić information content (AvgIpc) is 2.42. The van der Waals surface area contributed by atoms with Gasteiger partial charge in [0.1, 0.15) is 11.6 Å². The molecule has 0 aromatic heterocycles. The summed E-state index contributed by atoms with van der Waals surface area (Å²) in [6, 6.07) is 6.88. The number of nitro groups is 1. The SMILES string of the molecule is O=C(O)c1cccc(Oc2cc(F)c(Cl)cc2[N+](=O)[O-])c1. The highest BCUT2D eigenvalue weighted by Crippen LogP contribution is 2.35. The van der Waals surface area contributed by atoms with E-state index in [1.54, 1.807) is 0 Å². The molecular weight excluding hydrogens is 305 g/mol. The first-order valence-corrected chi connectivity index (χ1v) is 5.91. The lowest BCUT2D eigenvalue weighted by Gasteiger charge is -2.07. The predicted octanol–water partition coefficient (Wildman–Crippen LogP) is 3.88. The fraction of sp³-hybridized carbons (Fsp3) is 0. The maximum absolute atomic E-state index is 13.4. The van der Waals surface area contributed by atoms with Crippen molar-refractivity contribution in [3.63, 3.8) is 0 Å². The molecule has 6 nitrogen and oxygen atoms in total. The Kier molecular flexibility index (Phi) is 4.04. The number of rotatable bonds is 4. The summed E-state index contributed by atoms with van der Waals surface area (Å²) >= 11 is 5.49. The number of ether oxygens (including phenoxy) is 1. The number of nitrogens with zero attached hydrogens (tertiary/aromatic N) is 1. The topological polar surface area (TPSA) is 89.7 Å². The third kappa shape index (κ3) is 3.26. The van der Waals surface area contributed by atoms with E-state index in [1.807, 2.05) is 0 Å². The van der Waals surface area contributed by atoms with Gasteiger partial charge in [0.15, 0.2) is 0 Å². The minimum atomic E-state index is -1.18. The molecule has 0 heterocycles. The lowest BCUT2D eigenvalue weighted by atomic mass is 10.2. The maximum Gasteiger partial charge on any atom is 0.335 e. The Morgan fingerprint density at radius 3 is 2.67 bits per heavy atom. The van der Waals surface area contributed by atoms with Gasteiger partial charge in [-0.1, -0.05) is 17.7 Å². The summed E-state index contributed by atoms with van der Waals surface area (Å²) < 4.78 is 18.6. The third-order valence-electron chi connectivity index (χ3n) is 2.51. The summed E-state index contributed by atoms with van der Waals surface area (Å²) in [6.07, 6.45) is 0. The minimum Gasteiger partial charge on any atom is -0.478 e. The summed E-state index contributed by atoms with van der Waals surface area (Å²) in [4.78, 5) is 21.0. The molecule has 0 spiro atoms. The summed E-state index contributed by atoms with van der Waals surface area (Å²) in [5.41, 5.74) is -0.591. The van der Waals surface area contributed by atoms with E-state index in [0.29, 0.717) is 0 Å². The van der Waals surface area contributed by atoms with E-state index in [1.165, 1.54) is 24.3 Å². The number of carboxylic acids is 1. The van der Waals surface area contributed by atoms with Crippen LogP contribution in [0.15, 0.2) is 36.4 Å². The molecule has 2 aromatic carbocycles. The van der Waals surface area contributed by atoms with Crippen molar-refractivity contribution in [2.75, 3.05) is 0 Å². The molecule has 0 unspecified atom stereocenters. The fourth-order valence-electron chi connectivity index (χ4n) is 1.56. The number of carboxylic acid groups (broad SMARTS) is 1. The molecule has 2 rings (SSSR count). The van der Waals surface area contributed by atoms with Crippen molar-refractivity contribution in [3.05, 3.63) is 62.9 Å². The monoisotopic (exact) mass is 311 g/mol. The van der Waals surface area contributed by atoms with Crippen LogP contribution in [0.1, 0.15) is 10.4 Å². The largest absolute Gasteiger partial charge is 0.478 e. The van der Waals surface area contributed by atoms with E-state index in [4.69, 9.17) is 21.4 Å². The van der Waals surface area contributed by atoms with Gasteiger partial charge >= 0.3 is 11.7 Å². The van der Waals surface area contributed by atoms with Gasteiger partial charge in [-0.05, 0) is 18.2 Å². The maximum atomic E-state index is 13.4. The summed E-state index contributed by atoms with van der Waals surface area (Å²) in [7, 11) is 0. The molecule has 0 radical (unpaired) electrons. The zero-order valence-electron chi connectivity index (χ0n) is 10.2. The normalized spacial score (nSPS) is 10.2. The molecule has 0 amide bonds. The Bertz CT molecular complexity index is 734. The standard InChI is InChI=1S/C13H7ClFNO5/c14-9-5-11(16(19)20)12(6-10(9)15)21-8-3-1-2-7(4-8)13(17)18/h1-6H,(H,17,18). The van der Waals surface area contributed by atoms with Crippen LogP contribution >= 0.6 is 11.6 Å². The highest BCUT2D eigenvalue weighted by Gasteiger charge is 2.20. The zero-order valence-corrected chi connectivity index (χ0v) is 11.0. The molecule has 0 aliphatic heterocycles. The van der Waals surface area contributed by atoms with Crippen molar-refractivity contribution in [1.29, 1.82) is 0 Å². The molecule has 2 aromatic rings. The van der Waals surface area contributed by atoms with Gasteiger partial charge in [0.25, 0.3) is 0 Å².